The van der Waals surface area contributed by atoms with E-state index in [0.717, 1.165) is 5.56 Å². The van der Waals surface area contributed by atoms with Crippen LogP contribution in [-0.4, -0.2) is 24.4 Å². The lowest BCUT2D eigenvalue weighted by atomic mass is 9.83. The molecule has 1 aliphatic heterocycles. The summed E-state index contributed by atoms with van der Waals surface area (Å²) in [6, 6.07) is 14.2. The Labute approximate surface area is 119 Å². The highest BCUT2D eigenvalue weighted by atomic mass is 16.2. The Balaban J connectivity index is 2.15. The van der Waals surface area contributed by atoms with E-state index in [0.29, 0.717) is 17.8 Å². The molecule has 0 bridgehead atoms. The molecule has 0 saturated heterocycles. The Morgan fingerprint density at radius 1 is 1.15 bits per heavy atom. The Hall–Kier alpha value is -2.29. The van der Waals surface area contributed by atoms with Gasteiger partial charge in [-0.25, -0.2) is 0 Å². The maximum Gasteiger partial charge on any atom is 0.256 e. The summed E-state index contributed by atoms with van der Waals surface area (Å²) < 4.78 is 0. The highest BCUT2D eigenvalue weighted by Gasteiger charge is 2.31. The fourth-order valence-electron chi connectivity index (χ4n) is 2.86. The second-order valence-electron chi connectivity index (χ2n) is 5.46. The number of nitrogens with zero attached hydrogens (tertiary/aromatic N) is 1. The minimum absolute atomic E-state index is 0.0152. The van der Waals surface area contributed by atoms with E-state index in [-0.39, 0.29) is 11.8 Å². The van der Waals surface area contributed by atoms with Crippen LogP contribution in [0.5, 0.6) is 0 Å². The molecular formula is C17H18N2O. The van der Waals surface area contributed by atoms with Gasteiger partial charge in [0.15, 0.2) is 0 Å². The molecule has 3 nitrogen and oxygen atoms in total. The highest BCUT2D eigenvalue weighted by Crippen LogP contribution is 2.35. The SMILES string of the molecule is Cc1ccc(C2CN(C)C(=O)c3c(N)cccc32)cc1. The number of aryl methyl sites for hydroxylation is 1. The molecular weight excluding hydrogens is 248 g/mol. The van der Waals surface area contributed by atoms with Crippen molar-refractivity contribution in [1.82, 2.24) is 4.90 Å². The van der Waals surface area contributed by atoms with Gasteiger partial charge in [0.25, 0.3) is 5.91 Å². The van der Waals surface area contributed by atoms with Crippen LogP contribution in [0.15, 0.2) is 42.5 Å². The summed E-state index contributed by atoms with van der Waals surface area (Å²) in [5, 5.41) is 0. The minimum atomic E-state index is 0.0152. The van der Waals surface area contributed by atoms with Crippen LogP contribution in [0.2, 0.25) is 0 Å². The summed E-state index contributed by atoms with van der Waals surface area (Å²) in [5.74, 6) is 0.207. The monoisotopic (exact) mass is 266 g/mol. The highest BCUT2D eigenvalue weighted by molar-refractivity contribution is 6.02. The number of hydrogen-bond donors (Lipinski definition) is 1. The first-order chi connectivity index (χ1) is 9.58. The van der Waals surface area contributed by atoms with Crippen molar-refractivity contribution in [3.8, 4) is 0 Å². The number of carbonyl (C=O) groups is 1. The maximum atomic E-state index is 12.3. The van der Waals surface area contributed by atoms with Gasteiger partial charge in [-0.1, -0.05) is 42.0 Å². The number of nitrogen functional groups attached to an aromatic ring is 1. The van der Waals surface area contributed by atoms with Crippen molar-refractivity contribution >= 4 is 11.6 Å². The van der Waals surface area contributed by atoms with E-state index >= 15 is 0 Å². The van der Waals surface area contributed by atoms with Gasteiger partial charge >= 0.3 is 0 Å². The summed E-state index contributed by atoms with van der Waals surface area (Å²) in [5.41, 5.74) is 10.7. The van der Waals surface area contributed by atoms with Gasteiger partial charge in [-0.3, -0.25) is 4.79 Å². The number of carbonyl (C=O) groups excluding carboxylic acids is 1. The van der Waals surface area contributed by atoms with Crippen molar-refractivity contribution < 1.29 is 4.79 Å². The maximum absolute atomic E-state index is 12.3. The lowest BCUT2D eigenvalue weighted by Crippen LogP contribution is -2.37. The number of amides is 1. The number of fused-ring (bicyclic) bond motifs is 1. The molecule has 0 fully saturated rings. The smallest absolute Gasteiger partial charge is 0.256 e. The van der Waals surface area contributed by atoms with Crippen LogP contribution >= 0.6 is 0 Å². The molecule has 2 N–H and O–H groups in total. The molecule has 1 amide bonds. The molecule has 2 aromatic rings. The Morgan fingerprint density at radius 3 is 2.55 bits per heavy atom. The molecule has 0 aliphatic carbocycles. The molecule has 20 heavy (non-hydrogen) atoms. The zero-order valence-corrected chi connectivity index (χ0v) is 11.8. The first kappa shape index (κ1) is 12.7. The number of benzene rings is 2. The van der Waals surface area contributed by atoms with Crippen LogP contribution in [0.1, 0.15) is 33.0 Å². The predicted molar refractivity (Wildman–Crippen MR) is 80.8 cm³/mol. The van der Waals surface area contributed by atoms with Crippen molar-refractivity contribution in [3.63, 3.8) is 0 Å². The van der Waals surface area contributed by atoms with Crippen LogP contribution in [0.25, 0.3) is 0 Å². The van der Waals surface area contributed by atoms with Crippen LogP contribution in [-0.2, 0) is 0 Å². The Bertz CT molecular complexity index is 661. The molecule has 3 heteroatoms. The Kier molecular flexibility index (Phi) is 2.97. The van der Waals surface area contributed by atoms with Crippen LogP contribution < -0.4 is 5.73 Å². The lowest BCUT2D eigenvalue weighted by Gasteiger charge is -2.33. The van der Waals surface area contributed by atoms with E-state index in [1.165, 1.54) is 11.1 Å². The fraction of sp³-hybridized carbons (Fsp3) is 0.235. The first-order valence-corrected chi connectivity index (χ1v) is 6.78. The molecule has 0 saturated carbocycles. The molecule has 102 valence electrons. The molecule has 1 heterocycles. The van der Waals surface area contributed by atoms with E-state index in [2.05, 4.69) is 31.2 Å². The molecule has 1 unspecified atom stereocenters. The van der Waals surface area contributed by atoms with Gasteiger partial charge < -0.3 is 10.6 Å². The van der Waals surface area contributed by atoms with Crippen molar-refractivity contribution in [3.05, 3.63) is 64.7 Å². The number of hydrogen-bond acceptors (Lipinski definition) is 2. The standard InChI is InChI=1S/C17H18N2O/c1-11-6-8-12(9-7-11)14-10-19(2)17(20)16-13(14)4-3-5-15(16)18/h3-9,14H,10,18H2,1-2H3. The van der Waals surface area contributed by atoms with Crippen LogP contribution in [0.3, 0.4) is 0 Å². The normalized spacial score (nSPS) is 18.0. The zero-order valence-electron chi connectivity index (χ0n) is 11.8. The van der Waals surface area contributed by atoms with E-state index in [9.17, 15) is 4.79 Å². The Morgan fingerprint density at radius 2 is 1.85 bits per heavy atom. The van der Waals surface area contributed by atoms with Gasteiger partial charge in [0.2, 0.25) is 0 Å². The minimum Gasteiger partial charge on any atom is -0.398 e. The fourth-order valence-corrected chi connectivity index (χ4v) is 2.86. The molecule has 1 aliphatic rings. The molecule has 1 atom stereocenters. The molecule has 0 aromatic heterocycles. The summed E-state index contributed by atoms with van der Waals surface area (Å²) in [4.78, 5) is 14.1. The summed E-state index contributed by atoms with van der Waals surface area (Å²) in [6.07, 6.45) is 0. The van der Waals surface area contributed by atoms with Gasteiger partial charge in [0.05, 0.1) is 5.56 Å². The van der Waals surface area contributed by atoms with E-state index in [1.807, 2.05) is 19.2 Å². The van der Waals surface area contributed by atoms with Gasteiger partial charge in [-0.15, -0.1) is 0 Å². The van der Waals surface area contributed by atoms with Crippen LogP contribution in [0, 0.1) is 6.92 Å². The predicted octanol–water partition coefficient (Wildman–Crippen LogP) is 2.79. The van der Waals surface area contributed by atoms with Crippen molar-refractivity contribution in [2.45, 2.75) is 12.8 Å². The van der Waals surface area contributed by atoms with Crippen molar-refractivity contribution in [2.75, 3.05) is 19.3 Å². The van der Waals surface area contributed by atoms with Gasteiger partial charge in [0, 0.05) is 25.2 Å². The third kappa shape index (κ3) is 1.95. The van der Waals surface area contributed by atoms with Gasteiger partial charge in [-0.05, 0) is 24.1 Å². The quantitative estimate of drug-likeness (QED) is 0.807. The van der Waals surface area contributed by atoms with E-state index < -0.39 is 0 Å². The zero-order chi connectivity index (χ0) is 14.3. The van der Waals surface area contributed by atoms with E-state index in [4.69, 9.17) is 5.73 Å². The number of rotatable bonds is 1. The van der Waals surface area contributed by atoms with Crippen molar-refractivity contribution in [1.29, 1.82) is 0 Å². The molecule has 2 aromatic carbocycles. The average molecular weight is 266 g/mol. The third-order valence-electron chi connectivity index (χ3n) is 4.00. The second-order valence-corrected chi connectivity index (χ2v) is 5.46. The second kappa shape index (κ2) is 4.67. The average Bonchev–Trinajstić information content (AvgIpc) is 2.44. The molecule has 0 spiro atoms. The van der Waals surface area contributed by atoms with Gasteiger partial charge in [-0.2, -0.15) is 0 Å². The lowest BCUT2D eigenvalue weighted by molar-refractivity contribution is 0.0773. The number of anilines is 1. The number of nitrogens with two attached hydrogens (primary N) is 1. The van der Waals surface area contributed by atoms with Gasteiger partial charge in [0.1, 0.15) is 0 Å². The summed E-state index contributed by atoms with van der Waals surface area (Å²) >= 11 is 0. The van der Waals surface area contributed by atoms with Crippen molar-refractivity contribution in [2.24, 2.45) is 0 Å². The summed E-state index contributed by atoms with van der Waals surface area (Å²) in [7, 11) is 1.83. The summed E-state index contributed by atoms with van der Waals surface area (Å²) in [6.45, 7) is 2.77. The largest absolute Gasteiger partial charge is 0.398 e. The topological polar surface area (TPSA) is 46.3 Å². The third-order valence-corrected chi connectivity index (χ3v) is 4.00. The van der Waals surface area contributed by atoms with E-state index in [1.54, 1.807) is 11.0 Å². The molecule has 3 rings (SSSR count). The number of likely N-dealkylation sites (N-methyl/N-ethyl adjacent to an activating group) is 1. The van der Waals surface area contributed by atoms with Crippen LogP contribution in [0.4, 0.5) is 5.69 Å². The first-order valence-electron chi connectivity index (χ1n) is 6.78. The molecule has 0 radical (unpaired) electrons.